The zero-order valence-corrected chi connectivity index (χ0v) is 9.25. The Morgan fingerprint density at radius 3 is 2.88 bits per heavy atom. The van der Waals surface area contributed by atoms with Gasteiger partial charge in [-0.1, -0.05) is 11.6 Å². The highest BCUT2D eigenvalue weighted by Gasteiger charge is 2.31. The lowest BCUT2D eigenvalue weighted by Crippen LogP contribution is -2.33. The van der Waals surface area contributed by atoms with Crippen LogP contribution in [-0.2, 0) is 4.79 Å². The summed E-state index contributed by atoms with van der Waals surface area (Å²) in [5, 5.41) is 9.28. The van der Waals surface area contributed by atoms with Gasteiger partial charge in [0.1, 0.15) is 5.75 Å². The maximum Gasteiger partial charge on any atom is 0.345 e. The van der Waals surface area contributed by atoms with Crippen LogP contribution < -0.4 is 4.74 Å². The van der Waals surface area contributed by atoms with E-state index in [1.165, 1.54) is 6.07 Å². The lowest BCUT2D eigenvalue weighted by molar-refractivity contribution is -0.145. The molecule has 0 amide bonds. The van der Waals surface area contributed by atoms with E-state index < -0.39 is 12.1 Å². The number of carbonyl (C=O) groups excluding carboxylic acids is 1. The zero-order chi connectivity index (χ0) is 11.9. The monoisotopic (exact) mass is 240 g/mol. The van der Waals surface area contributed by atoms with E-state index in [1.54, 1.807) is 13.0 Å². The van der Waals surface area contributed by atoms with Crippen molar-refractivity contribution in [3.63, 3.8) is 0 Å². The summed E-state index contributed by atoms with van der Waals surface area (Å²) in [5.74, 6) is -1.09. The molecule has 1 heterocycles. The average molecular weight is 241 g/mol. The summed E-state index contributed by atoms with van der Waals surface area (Å²) in [6.07, 6.45) is -1.25. The summed E-state index contributed by atoms with van der Waals surface area (Å²) < 4.78 is 5.22. The Bertz CT molecular complexity index is 481. The molecule has 4 nitrogen and oxygen atoms in total. The third kappa shape index (κ3) is 1.76. The first-order valence-electron chi connectivity index (χ1n) is 4.72. The number of carboxylic acids is 1. The maximum absolute atomic E-state index is 11.7. The summed E-state index contributed by atoms with van der Waals surface area (Å²) in [4.78, 5) is 22.4. The Morgan fingerprint density at radius 2 is 2.25 bits per heavy atom. The first kappa shape index (κ1) is 11.0. The lowest BCUT2D eigenvalue weighted by atomic mass is 9.99. The Balaban J connectivity index is 2.46. The van der Waals surface area contributed by atoms with Crippen molar-refractivity contribution in [1.82, 2.24) is 0 Å². The minimum atomic E-state index is -1.13. The van der Waals surface area contributed by atoms with Crippen molar-refractivity contribution >= 4 is 23.4 Å². The number of Topliss-reactive ketones (excluding diaryl/α,β-unsaturated/α-hetero) is 1. The van der Waals surface area contributed by atoms with E-state index in [-0.39, 0.29) is 12.2 Å². The number of aryl methyl sites for hydroxylation is 1. The van der Waals surface area contributed by atoms with Crippen molar-refractivity contribution in [2.24, 2.45) is 0 Å². The minimum Gasteiger partial charge on any atom is -0.478 e. The number of hydrogen-bond acceptors (Lipinski definition) is 3. The fourth-order valence-electron chi connectivity index (χ4n) is 1.58. The second-order valence-corrected chi connectivity index (χ2v) is 4.08. The molecule has 1 atom stereocenters. The molecule has 2 rings (SSSR count). The summed E-state index contributed by atoms with van der Waals surface area (Å²) >= 11 is 5.89. The summed E-state index contributed by atoms with van der Waals surface area (Å²) in [6.45, 7) is 1.76. The van der Waals surface area contributed by atoms with E-state index in [2.05, 4.69) is 0 Å². The molecule has 1 aromatic rings. The number of rotatable bonds is 1. The van der Waals surface area contributed by atoms with E-state index >= 15 is 0 Å². The fraction of sp³-hybridized carbons (Fsp3) is 0.273. The van der Waals surface area contributed by atoms with E-state index in [0.717, 1.165) is 5.56 Å². The van der Waals surface area contributed by atoms with Crippen molar-refractivity contribution in [2.45, 2.75) is 19.4 Å². The van der Waals surface area contributed by atoms with Crippen LogP contribution in [0.5, 0.6) is 5.75 Å². The fourth-order valence-corrected chi connectivity index (χ4v) is 1.75. The molecule has 0 aromatic heterocycles. The van der Waals surface area contributed by atoms with Crippen LogP contribution in [-0.4, -0.2) is 23.0 Å². The summed E-state index contributed by atoms with van der Waals surface area (Å²) in [5.41, 5.74) is 1.10. The Morgan fingerprint density at radius 1 is 1.56 bits per heavy atom. The summed E-state index contributed by atoms with van der Waals surface area (Å²) in [6, 6.07) is 3.11. The number of halogens is 1. The standard InChI is InChI=1S/C11H9ClO4/c1-5-2-9-6(3-7(5)12)8(13)4-10(16-9)11(14)15/h2-3,10H,4H2,1H3,(H,14,15). The normalized spacial score (nSPS) is 18.9. The lowest BCUT2D eigenvalue weighted by Gasteiger charge is -2.22. The van der Waals surface area contributed by atoms with Gasteiger partial charge in [0.2, 0.25) is 6.10 Å². The van der Waals surface area contributed by atoms with Crippen LogP contribution >= 0.6 is 11.6 Å². The number of carboxylic acid groups (broad SMARTS) is 1. The van der Waals surface area contributed by atoms with Crippen molar-refractivity contribution in [3.05, 3.63) is 28.3 Å². The first-order chi connectivity index (χ1) is 7.49. The maximum atomic E-state index is 11.7. The Kier molecular flexibility index (Phi) is 2.59. The third-order valence-electron chi connectivity index (χ3n) is 2.48. The van der Waals surface area contributed by atoms with E-state index in [0.29, 0.717) is 16.3 Å². The molecule has 1 aliphatic heterocycles. The highest BCUT2D eigenvalue weighted by Crippen LogP contribution is 2.32. The van der Waals surface area contributed by atoms with Gasteiger partial charge in [-0.2, -0.15) is 0 Å². The molecule has 1 N–H and O–H groups in total. The highest BCUT2D eigenvalue weighted by atomic mass is 35.5. The predicted molar refractivity (Wildman–Crippen MR) is 57.2 cm³/mol. The predicted octanol–water partition coefficient (Wildman–Crippen LogP) is 2.07. The molecule has 0 radical (unpaired) electrons. The number of benzene rings is 1. The van der Waals surface area contributed by atoms with Crippen molar-refractivity contribution in [3.8, 4) is 5.75 Å². The van der Waals surface area contributed by atoms with Crippen molar-refractivity contribution in [2.75, 3.05) is 0 Å². The van der Waals surface area contributed by atoms with Crippen LogP contribution in [0.2, 0.25) is 5.02 Å². The molecule has 5 heteroatoms. The van der Waals surface area contributed by atoms with Crippen LogP contribution in [0, 0.1) is 6.92 Å². The quantitative estimate of drug-likeness (QED) is 0.816. The summed E-state index contributed by atoms with van der Waals surface area (Å²) in [7, 11) is 0. The van der Waals surface area contributed by atoms with Gasteiger partial charge < -0.3 is 9.84 Å². The van der Waals surface area contributed by atoms with Gasteiger partial charge in [0, 0.05) is 5.02 Å². The molecule has 0 spiro atoms. The van der Waals surface area contributed by atoms with Crippen LogP contribution in [0.3, 0.4) is 0 Å². The van der Waals surface area contributed by atoms with E-state index in [4.69, 9.17) is 21.4 Å². The van der Waals surface area contributed by atoms with Gasteiger partial charge in [0.05, 0.1) is 12.0 Å². The molecule has 16 heavy (non-hydrogen) atoms. The highest BCUT2D eigenvalue weighted by molar-refractivity contribution is 6.31. The first-order valence-corrected chi connectivity index (χ1v) is 5.09. The topological polar surface area (TPSA) is 63.6 Å². The Labute approximate surface area is 96.8 Å². The van der Waals surface area contributed by atoms with Gasteiger partial charge in [-0.3, -0.25) is 4.79 Å². The molecule has 0 saturated carbocycles. The van der Waals surface area contributed by atoms with Crippen LogP contribution in [0.25, 0.3) is 0 Å². The molecular weight excluding hydrogens is 232 g/mol. The van der Waals surface area contributed by atoms with Gasteiger partial charge in [-0.25, -0.2) is 4.79 Å². The number of hydrogen-bond donors (Lipinski definition) is 1. The van der Waals surface area contributed by atoms with Crippen molar-refractivity contribution < 1.29 is 19.4 Å². The number of carbonyl (C=O) groups is 2. The minimum absolute atomic E-state index is 0.151. The van der Waals surface area contributed by atoms with Crippen molar-refractivity contribution in [1.29, 1.82) is 0 Å². The largest absolute Gasteiger partial charge is 0.478 e. The molecule has 1 aliphatic rings. The van der Waals surface area contributed by atoms with E-state index in [1.807, 2.05) is 0 Å². The molecule has 0 fully saturated rings. The molecule has 1 aromatic carbocycles. The van der Waals surface area contributed by atoms with Gasteiger partial charge in [0.15, 0.2) is 5.78 Å². The third-order valence-corrected chi connectivity index (χ3v) is 2.88. The van der Waals surface area contributed by atoms with Gasteiger partial charge in [0.25, 0.3) is 0 Å². The number of ketones is 1. The van der Waals surface area contributed by atoms with Crippen LogP contribution in [0.1, 0.15) is 22.3 Å². The number of fused-ring (bicyclic) bond motifs is 1. The molecule has 1 unspecified atom stereocenters. The second kappa shape index (κ2) is 3.79. The smallest absolute Gasteiger partial charge is 0.345 e. The van der Waals surface area contributed by atoms with Gasteiger partial charge >= 0.3 is 5.97 Å². The zero-order valence-electron chi connectivity index (χ0n) is 8.49. The van der Waals surface area contributed by atoms with Crippen LogP contribution in [0.4, 0.5) is 0 Å². The molecular formula is C11H9ClO4. The molecule has 0 bridgehead atoms. The molecule has 0 aliphatic carbocycles. The SMILES string of the molecule is Cc1cc2c(cc1Cl)C(=O)CC(C(=O)O)O2. The Hall–Kier alpha value is -1.55. The second-order valence-electron chi connectivity index (χ2n) is 3.67. The average Bonchev–Trinajstić information content (AvgIpc) is 2.20. The number of ether oxygens (including phenoxy) is 1. The van der Waals surface area contributed by atoms with E-state index in [9.17, 15) is 9.59 Å². The van der Waals surface area contributed by atoms with Gasteiger partial charge in [-0.05, 0) is 24.6 Å². The van der Waals surface area contributed by atoms with Crippen LogP contribution in [0.15, 0.2) is 12.1 Å². The molecule has 84 valence electrons. The van der Waals surface area contributed by atoms with Gasteiger partial charge in [-0.15, -0.1) is 0 Å². The molecule has 0 saturated heterocycles. The number of aliphatic carboxylic acids is 1.